The molecule has 0 fully saturated rings. The Morgan fingerprint density at radius 2 is 1.53 bits per heavy atom. The third-order valence-corrected chi connectivity index (χ3v) is 5.48. The van der Waals surface area contributed by atoms with Crippen LogP contribution in [0.4, 0.5) is 11.4 Å². The van der Waals surface area contributed by atoms with Gasteiger partial charge in [0, 0.05) is 17.8 Å². The molecule has 0 saturated carbocycles. The van der Waals surface area contributed by atoms with Gasteiger partial charge in [-0.1, -0.05) is 42.5 Å². The predicted octanol–water partition coefficient (Wildman–Crippen LogP) is 4.45. The molecule has 3 aromatic rings. The topological polar surface area (TPSA) is 84.5 Å². The van der Waals surface area contributed by atoms with Crippen LogP contribution in [0.25, 0.3) is 0 Å². The van der Waals surface area contributed by atoms with Crippen molar-refractivity contribution in [1.82, 2.24) is 0 Å². The van der Waals surface area contributed by atoms with Gasteiger partial charge in [0.05, 0.1) is 24.2 Å². The fourth-order valence-corrected chi connectivity index (χ4v) is 3.97. The fraction of sp³-hybridized carbons (Fsp3) is 0.0870. The third-order valence-electron chi connectivity index (χ3n) is 4.24. The molecule has 0 aliphatic carbocycles. The van der Waals surface area contributed by atoms with E-state index in [0.717, 1.165) is 0 Å². The Hall–Kier alpha value is -3.58. The van der Waals surface area contributed by atoms with Crippen LogP contribution >= 0.6 is 0 Å². The van der Waals surface area contributed by atoms with E-state index in [1.807, 2.05) is 6.07 Å². The number of carbonyl (C=O) groups is 1. The first-order chi connectivity index (χ1) is 14.5. The Labute approximate surface area is 176 Å². The summed E-state index contributed by atoms with van der Waals surface area (Å²) in [6.07, 6.45) is 2.87. The molecular weight excluding hydrogens is 400 g/mol. The summed E-state index contributed by atoms with van der Waals surface area (Å²) >= 11 is 0. The van der Waals surface area contributed by atoms with Gasteiger partial charge in [0.25, 0.3) is 0 Å². The van der Waals surface area contributed by atoms with Crippen molar-refractivity contribution in [1.29, 1.82) is 0 Å². The Bertz CT molecular complexity index is 1130. The van der Waals surface area contributed by atoms with Crippen LogP contribution in [-0.2, 0) is 15.8 Å². The monoisotopic (exact) mass is 422 g/mol. The SMILES string of the molecule is COc1ccc(C(=O)/C=C/Nc2ccccc2NS(=O)(=O)Cc2ccccc2)cc1. The highest BCUT2D eigenvalue weighted by Gasteiger charge is 2.13. The Kier molecular flexibility index (Phi) is 6.87. The van der Waals surface area contributed by atoms with Gasteiger partial charge in [0.2, 0.25) is 10.0 Å². The molecule has 0 radical (unpaired) electrons. The summed E-state index contributed by atoms with van der Waals surface area (Å²) in [5.74, 6) is 0.353. The lowest BCUT2D eigenvalue weighted by Gasteiger charge is -2.12. The summed E-state index contributed by atoms with van der Waals surface area (Å²) in [7, 11) is -2.03. The first-order valence-corrected chi connectivity index (χ1v) is 10.9. The van der Waals surface area contributed by atoms with Crippen LogP contribution in [0.3, 0.4) is 0 Å². The average molecular weight is 423 g/mol. The molecule has 0 amide bonds. The number of rotatable bonds is 9. The quantitative estimate of drug-likeness (QED) is 0.393. The largest absolute Gasteiger partial charge is 0.497 e. The predicted molar refractivity (Wildman–Crippen MR) is 119 cm³/mol. The van der Waals surface area contributed by atoms with Crippen LogP contribution < -0.4 is 14.8 Å². The van der Waals surface area contributed by atoms with Crippen LogP contribution in [0.15, 0.2) is 91.1 Å². The summed E-state index contributed by atoms with van der Waals surface area (Å²) in [6, 6.07) is 22.6. The summed E-state index contributed by atoms with van der Waals surface area (Å²) in [6.45, 7) is 0. The van der Waals surface area contributed by atoms with E-state index in [-0.39, 0.29) is 11.5 Å². The van der Waals surface area contributed by atoms with Gasteiger partial charge in [0.15, 0.2) is 5.78 Å². The lowest BCUT2D eigenvalue weighted by Crippen LogP contribution is -2.15. The molecule has 0 aliphatic heterocycles. The number of benzene rings is 3. The van der Waals surface area contributed by atoms with Crippen LogP contribution in [0, 0.1) is 0 Å². The number of para-hydroxylation sites is 2. The van der Waals surface area contributed by atoms with Crippen molar-refractivity contribution >= 4 is 27.2 Å². The minimum absolute atomic E-state index is 0.131. The smallest absolute Gasteiger partial charge is 0.236 e. The van der Waals surface area contributed by atoms with Crippen molar-refractivity contribution in [2.24, 2.45) is 0 Å². The molecule has 30 heavy (non-hydrogen) atoms. The van der Waals surface area contributed by atoms with Gasteiger partial charge < -0.3 is 10.1 Å². The molecule has 0 bridgehead atoms. The maximum atomic E-state index is 12.5. The molecular formula is C23H22N2O4S. The third kappa shape index (κ3) is 5.96. The van der Waals surface area contributed by atoms with Gasteiger partial charge in [-0.3, -0.25) is 9.52 Å². The lowest BCUT2D eigenvalue weighted by molar-refractivity contribution is 0.104. The Balaban J connectivity index is 1.67. The minimum Gasteiger partial charge on any atom is -0.497 e. The van der Waals surface area contributed by atoms with E-state index in [2.05, 4.69) is 10.0 Å². The molecule has 0 atom stereocenters. The van der Waals surface area contributed by atoms with E-state index in [1.54, 1.807) is 79.9 Å². The standard InChI is InChI=1S/C23H22N2O4S/c1-29-20-13-11-19(12-14-20)23(26)15-16-24-21-9-5-6-10-22(21)25-30(27,28)17-18-7-3-2-4-8-18/h2-16,24-25H,17H2,1H3/b16-15+. The maximum Gasteiger partial charge on any atom is 0.236 e. The highest BCUT2D eigenvalue weighted by Crippen LogP contribution is 2.23. The second-order valence-corrected chi connectivity index (χ2v) is 8.19. The van der Waals surface area contributed by atoms with Crippen LogP contribution in [-0.4, -0.2) is 21.3 Å². The molecule has 3 aromatic carbocycles. The molecule has 6 nitrogen and oxygen atoms in total. The number of methoxy groups -OCH3 is 1. The zero-order valence-electron chi connectivity index (χ0n) is 16.4. The van der Waals surface area contributed by atoms with Crippen LogP contribution in [0.1, 0.15) is 15.9 Å². The van der Waals surface area contributed by atoms with E-state index in [4.69, 9.17) is 4.74 Å². The zero-order valence-corrected chi connectivity index (χ0v) is 17.2. The summed E-state index contributed by atoms with van der Waals surface area (Å²) < 4.78 is 32.7. The first-order valence-electron chi connectivity index (χ1n) is 9.22. The average Bonchev–Trinajstić information content (AvgIpc) is 2.75. The number of ketones is 1. The highest BCUT2D eigenvalue weighted by atomic mass is 32.2. The summed E-state index contributed by atoms with van der Waals surface area (Å²) in [5, 5.41) is 2.97. The first kappa shape index (κ1) is 21.1. The molecule has 7 heteroatoms. The van der Waals surface area contributed by atoms with E-state index in [1.165, 1.54) is 12.3 Å². The zero-order chi connectivity index (χ0) is 21.4. The van der Waals surface area contributed by atoms with Gasteiger partial charge in [-0.2, -0.15) is 0 Å². The van der Waals surface area contributed by atoms with E-state index >= 15 is 0 Å². The van der Waals surface area contributed by atoms with E-state index < -0.39 is 10.0 Å². The normalized spacial score (nSPS) is 11.2. The second-order valence-electron chi connectivity index (χ2n) is 6.46. The van der Waals surface area contributed by atoms with Crippen molar-refractivity contribution in [2.45, 2.75) is 5.75 Å². The number of allylic oxidation sites excluding steroid dienone is 1. The van der Waals surface area contributed by atoms with Crippen molar-refractivity contribution in [3.8, 4) is 5.75 Å². The molecule has 0 aromatic heterocycles. The van der Waals surface area contributed by atoms with Crippen molar-refractivity contribution in [3.05, 3.63) is 102 Å². The molecule has 2 N–H and O–H groups in total. The van der Waals surface area contributed by atoms with Crippen LogP contribution in [0.2, 0.25) is 0 Å². The van der Waals surface area contributed by atoms with E-state index in [9.17, 15) is 13.2 Å². The fourth-order valence-electron chi connectivity index (χ4n) is 2.75. The van der Waals surface area contributed by atoms with Gasteiger partial charge in [0.1, 0.15) is 5.75 Å². The molecule has 0 saturated heterocycles. The molecule has 3 rings (SSSR count). The van der Waals surface area contributed by atoms with Crippen LogP contribution in [0.5, 0.6) is 5.75 Å². The van der Waals surface area contributed by atoms with Gasteiger partial charge in [-0.25, -0.2) is 8.42 Å². The molecule has 154 valence electrons. The number of hydrogen-bond donors (Lipinski definition) is 2. The van der Waals surface area contributed by atoms with Crippen molar-refractivity contribution in [3.63, 3.8) is 0 Å². The lowest BCUT2D eigenvalue weighted by atomic mass is 10.1. The number of ether oxygens (including phenoxy) is 1. The van der Waals surface area contributed by atoms with E-state index in [0.29, 0.717) is 28.3 Å². The van der Waals surface area contributed by atoms with Gasteiger partial charge in [-0.05, 0) is 42.0 Å². The minimum atomic E-state index is -3.59. The molecule has 0 aliphatic rings. The van der Waals surface area contributed by atoms with Gasteiger partial charge >= 0.3 is 0 Å². The summed E-state index contributed by atoms with van der Waals surface area (Å²) in [4.78, 5) is 12.3. The highest BCUT2D eigenvalue weighted by molar-refractivity contribution is 7.91. The molecule has 0 unspecified atom stereocenters. The summed E-state index contributed by atoms with van der Waals surface area (Å²) in [5.41, 5.74) is 2.15. The number of anilines is 2. The maximum absolute atomic E-state index is 12.5. The number of sulfonamides is 1. The molecule has 0 spiro atoms. The Morgan fingerprint density at radius 1 is 0.900 bits per heavy atom. The Morgan fingerprint density at radius 3 is 2.20 bits per heavy atom. The van der Waals surface area contributed by atoms with Gasteiger partial charge in [-0.15, -0.1) is 0 Å². The number of nitrogens with one attached hydrogen (secondary N) is 2. The number of hydrogen-bond acceptors (Lipinski definition) is 5. The second kappa shape index (κ2) is 9.76. The number of carbonyl (C=O) groups excluding carboxylic acids is 1. The van der Waals surface area contributed by atoms with Crippen molar-refractivity contribution < 1.29 is 17.9 Å². The van der Waals surface area contributed by atoms with Crippen molar-refractivity contribution in [2.75, 3.05) is 17.1 Å². The molecule has 0 heterocycles.